The maximum atomic E-state index is 15.1. The second kappa shape index (κ2) is 10.3. The van der Waals surface area contributed by atoms with Gasteiger partial charge in [-0.05, 0) is 62.5 Å². The number of amides is 1. The first-order valence-corrected chi connectivity index (χ1v) is 13.8. The van der Waals surface area contributed by atoms with Crippen molar-refractivity contribution in [2.45, 2.75) is 44.3 Å². The average Bonchev–Trinajstić information content (AvgIpc) is 3.40. The van der Waals surface area contributed by atoms with Crippen LogP contribution in [0.2, 0.25) is 0 Å². The lowest BCUT2D eigenvalue weighted by molar-refractivity contribution is -0.120. The summed E-state index contributed by atoms with van der Waals surface area (Å²) in [6, 6.07) is 21.1. The molecule has 6 nitrogen and oxygen atoms in total. The molecule has 1 unspecified atom stereocenters. The lowest BCUT2D eigenvalue weighted by atomic mass is 10.0. The fourth-order valence-corrected chi connectivity index (χ4v) is 4.52. The summed E-state index contributed by atoms with van der Waals surface area (Å²) in [5.74, 6) is -1.45. The summed E-state index contributed by atoms with van der Waals surface area (Å²) in [6.07, 6.45) is -0.808. The largest absolute Gasteiger partial charge is 0.457 e. The van der Waals surface area contributed by atoms with Crippen LogP contribution in [0.5, 0.6) is 11.5 Å². The third-order valence-electron chi connectivity index (χ3n) is 6.71. The minimum atomic E-state index is -3.14. The van der Waals surface area contributed by atoms with Gasteiger partial charge in [0.05, 0.1) is 17.4 Å². The van der Waals surface area contributed by atoms with Crippen LogP contribution in [0.1, 0.15) is 43.7 Å². The van der Waals surface area contributed by atoms with E-state index in [1.165, 1.54) is 11.0 Å². The fourth-order valence-electron chi connectivity index (χ4n) is 4.21. The first kappa shape index (κ1) is 26.0. The zero-order valence-corrected chi connectivity index (χ0v) is 22.4. The molecule has 0 bridgehead atoms. The molecule has 1 amide bonds. The average molecular weight is 536 g/mol. The fraction of sp³-hybridized carbons (Fsp3) is 0.276. The van der Waals surface area contributed by atoms with Crippen LogP contribution in [0.4, 0.5) is 14.5 Å². The molecule has 3 aromatic carbocycles. The number of halogens is 2. The van der Waals surface area contributed by atoms with E-state index in [1.54, 1.807) is 24.3 Å². The molecule has 5 rings (SSSR count). The Morgan fingerprint density at radius 3 is 2.45 bits per heavy atom. The predicted octanol–water partition coefficient (Wildman–Crippen LogP) is 7.49. The van der Waals surface area contributed by atoms with Crippen molar-refractivity contribution in [2.75, 3.05) is 11.6 Å². The topological polar surface area (TPSA) is 68.5 Å². The minimum Gasteiger partial charge on any atom is -0.457 e. The lowest BCUT2D eigenvalue weighted by Gasteiger charge is -2.25. The predicted molar refractivity (Wildman–Crippen MR) is 144 cm³/mol. The van der Waals surface area contributed by atoms with Crippen LogP contribution in [0, 0.1) is 0 Å². The van der Waals surface area contributed by atoms with Crippen LogP contribution < -0.4 is 9.64 Å². The van der Waals surface area contributed by atoms with Gasteiger partial charge in [-0.2, -0.15) is 0 Å². The van der Waals surface area contributed by atoms with Crippen LogP contribution in [-0.2, 0) is 22.4 Å². The lowest BCUT2D eigenvalue weighted by Crippen LogP contribution is -2.29. The van der Waals surface area contributed by atoms with E-state index < -0.39 is 12.3 Å². The zero-order valence-electron chi connectivity index (χ0n) is 21.4. The molecule has 1 aliphatic heterocycles. The van der Waals surface area contributed by atoms with Gasteiger partial charge < -0.3 is 14.1 Å². The van der Waals surface area contributed by atoms with Crippen molar-refractivity contribution in [1.82, 2.24) is 10.2 Å². The third-order valence-corrected chi connectivity index (χ3v) is 8.17. The minimum absolute atomic E-state index is 0.135. The molecule has 4 aromatic rings. The maximum Gasteiger partial charge on any atom is 0.275 e. The molecule has 1 aliphatic rings. The number of anilines is 1. The molecule has 9 heteroatoms. The van der Waals surface area contributed by atoms with Crippen molar-refractivity contribution >= 4 is 20.2 Å². The quantitative estimate of drug-likeness (QED) is 0.229. The zero-order chi connectivity index (χ0) is 26.9. The molecular weight excluding hydrogens is 507 g/mol. The highest BCUT2D eigenvalue weighted by Crippen LogP contribution is 2.44. The van der Waals surface area contributed by atoms with E-state index >= 15 is 8.78 Å². The Bertz CT molecular complexity index is 1440. The Hall–Kier alpha value is -3.64. The van der Waals surface area contributed by atoms with Crippen molar-refractivity contribution in [2.24, 2.45) is 0 Å². The SMILES string of the molecule is CPC(C)(C)c1nnc(-c2ccc3c(c2)N(Cc2ccc(Oc4ccccc4)cc2)C(=O)CCC3(F)F)o1. The molecule has 0 spiro atoms. The van der Waals surface area contributed by atoms with E-state index in [2.05, 4.69) is 16.9 Å². The van der Waals surface area contributed by atoms with E-state index in [1.807, 2.05) is 56.3 Å². The number of carbonyl (C=O) groups excluding carboxylic acids is 1. The number of benzene rings is 3. The number of nitrogens with zero attached hydrogens (tertiary/aromatic N) is 3. The van der Waals surface area contributed by atoms with Crippen LogP contribution in [-0.4, -0.2) is 22.8 Å². The third kappa shape index (κ3) is 5.32. The Balaban J connectivity index is 1.46. The molecule has 0 saturated heterocycles. The smallest absolute Gasteiger partial charge is 0.275 e. The normalized spacial score (nSPS) is 15.5. The highest BCUT2D eigenvalue weighted by Gasteiger charge is 2.40. The van der Waals surface area contributed by atoms with E-state index in [-0.39, 0.29) is 41.2 Å². The van der Waals surface area contributed by atoms with Crippen molar-refractivity contribution in [3.05, 3.63) is 89.8 Å². The maximum absolute atomic E-state index is 15.1. The number of aromatic nitrogens is 2. The second-order valence-electron chi connectivity index (χ2n) is 9.76. The van der Waals surface area contributed by atoms with Crippen molar-refractivity contribution in [3.8, 4) is 23.0 Å². The summed E-state index contributed by atoms with van der Waals surface area (Å²) < 4.78 is 42.0. The molecular formula is C29H28F2N3O3P. The number of ether oxygens (including phenoxy) is 1. The number of hydrogen-bond donors (Lipinski definition) is 0. The van der Waals surface area contributed by atoms with E-state index in [9.17, 15) is 4.79 Å². The number of carbonyl (C=O) groups is 1. The number of para-hydroxylation sites is 1. The van der Waals surface area contributed by atoms with Crippen molar-refractivity contribution in [1.29, 1.82) is 0 Å². The highest BCUT2D eigenvalue weighted by molar-refractivity contribution is 7.38. The summed E-state index contributed by atoms with van der Waals surface area (Å²) in [5.41, 5.74) is 1.23. The van der Waals surface area contributed by atoms with Gasteiger partial charge in [-0.3, -0.25) is 4.79 Å². The molecule has 0 saturated carbocycles. The standard InChI is InChI=1S/C29H28F2N3O3P/c1-28(2,38-3)27-33-32-26(37-27)20-11-14-23-24(17-20)34(25(35)15-16-29(23,30)31)18-19-9-12-22(13-10-19)36-21-7-5-4-6-8-21/h4-14,17,38H,15-16,18H2,1-3H3. The van der Waals surface area contributed by atoms with Crippen molar-refractivity contribution < 1.29 is 22.7 Å². The molecule has 2 heterocycles. The number of fused-ring (bicyclic) bond motifs is 1. The summed E-state index contributed by atoms with van der Waals surface area (Å²) in [4.78, 5) is 14.5. The van der Waals surface area contributed by atoms with Gasteiger partial charge in [-0.25, -0.2) is 8.78 Å². The summed E-state index contributed by atoms with van der Waals surface area (Å²) >= 11 is 0. The monoisotopic (exact) mass is 535 g/mol. The first-order chi connectivity index (χ1) is 18.2. The van der Waals surface area contributed by atoms with Gasteiger partial charge in [0.1, 0.15) is 11.5 Å². The molecule has 196 valence electrons. The van der Waals surface area contributed by atoms with Gasteiger partial charge in [0.2, 0.25) is 17.7 Å². The molecule has 0 N–H and O–H groups in total. The molecule has 0 aliphatic carbocycles. The molecule has 38 heavy (non-hydrogen) atoms. The molecule has 1 atom stereocenters. The van der Waals surface area contributed by atoms with Gasteiger partial charge in [-0.1, -0.05) is 36.4 Å². The Labute approximate surface area is 221 Å². The van der Waals surface area contributed by atoms with Gasteiger partial charge in [0, 0.05) is 24.0 Å². The molecule has 1 aromatic heterocycles. The second-order valence-corrected chi connectivity index (χ2v) is 11.5. The van der Waals surface area contributed by atoms with E-state index in [0.717, 1.165) is 5.56 Å². The van der Waals surface area contributed by atoms with Gasteiger partial charge in [0.25, 0.3) is 5.92 Å². The number of alkyl halides is 2. The van der Waals surface area contributed by atoms with E-state index in [0.29, 0.717) is 31.5 Å². The van der Waals surface area contributed by atoms with Crippen molar-refractivity contribution in [3.63, 3.8) is 0 Å². The van der Waals surface area contributed by atoms with Crippen LogP contribution >= 0.6 is 8.58 Å². The summed E-state index contributed by atoms with van der Waals surface area (Å²) in [5, 5.41) is 8.06. The molecule has 0 fully saturated rings. The summed E-state index contributed by atoms with van der Waals surface area (Å²) in [6.45, 7) is 6.21. The Morgan fingerprint density at radius 2 is 1.74 bits per heavy atom. The van der Waals surface area contributed by atoms with Gasteiger partial charge >= 0.3 is 0 Å². The van der Waals surface area contributed by atoms with E-state index in [4.69, 9.17) is 9.15 Å². The van der Waals surface area contributed by atoms with Crippen LogP contribution in [0.15, 0.2) is 77.2 Å². The molecule has 0 radical (unpaired) electrons. The Kier molecular flexibility index (Phi) is 7.01. The summed E-state index contributed by atoms with van der Waals surface area (Å²) in [7, 11) is 0.539. The van der Waals surface area contributed by atoms with Crippen LogP contribution in [0.25, 0.3) is 11.5 Å². The van der Waals surface area contributed by atoms with Gasteiger partial charge in [0.15, 0.2) is 0 Å². The highest BCUT2D eigenvalue weighted by atomic mass is 31.1. The number of rotatable bonds is 7. The van der Waals surface area contributed by atoms with Gasteiger partial charge in [-0.15, -0.1) is 18.8 Å². The number of hydrogen-bond acceptors (Lipinski definition) is 5. The Morgan fingerprint density at radius 1 is 1.03 bits per heavy atom. The first-order valence-electron chi connectivity index (χ1n) is 12.3. The van der Waals surface area contributed by atoms with Crippen LogP contribution in [0.3, 0.4) is 0 Å².